The third-order valence-electron chi connectivity index (χ3n) is 4.27. The molecular formula is C19H19N3O5S. The van der Waals surface area contributed by atoms with E-state index in [0.29, 0.717) is 17.0 Å². The van der Waals surface area contributed by atoms with Crippen LogP contribution < -0.4 is 5.14 Å². The molecule has 3 aromatic rings. The molecule has 0 spiro atoms. The molecule has 0 saturated heterocycles. The molecule has 8 nitrogen and oxygen atoms in total. The molecule has 0 fully saturated rings. The van der Waals surface area contributed by atoms with Crippen LogP contribution in [0, 0.1) is 20.8 Å². The number of aromatic nitrogens is 2. The molecule has 3 rings (SSSR count). The maximum Gasteiger partial charge on any atom is 0.338 e. The van der Waals surface area contributed by atoms with Crippen molar-refractivity contribution in [3.05, 3.63) is 64.5 Å². The fourth-order valence-electron chi connectivity index (χ4n) is 2.58. The first-order valence-corrected chi connectivity index (χ1v) is 9.90. The number of ether oxygens (including phenoxy) is 1. The summed E-state index contributed by atoms with van der Waals surface area (Å²) in [5.41, 5.74) is 3.05. The van der Waals surface area contributed by atoms with Gasteiger partial charge in [0.15, 0.2) is 6.61 Å². The van der Waals surface area contributed by atoms with Gasteiger partial charge in [-0.3, -0.25) is 0 Å². The zero-order valence-corrected chi connectivity index (χ0v) is 16.4. The Labute approximate surface area is 162 Å². The standard InChI is InChI=1S/C19H19N3O5S/c1-11-4-6-14(7-5-11)18-21-17(27-22-18)10-26-19(23)15-8-12(2)13(3)16(9-15)28(20,24)25/h4-9H,10H2,1-3H3,(H2,20,24,25). The smallest absolute Gasteiger partial charge is 0.338 e. The number of hydrogen-bond acceptors (Lipinski definition) is 7. The van der Waals surface area contributed by atoms with E-state index in [2.05, 4.69) is 10.1 Å². The van der Waals surface area contributed by atoms with E-state index in [1.165, 1.54) is 12.1 Å². The summed E-state index contributed by atoms with van der Waals surface area (Å²) < 4.78 is 33.7. The van der Waals surface area contributed by atoms with Crippen LogP contribution in [0.2, 0.25) is 0 Å². The van der Waals surface area contributed by atoms with Crippen molar-refractivity contribution in [3.8, 4) is 11.4 Å². The Hall–Kier alpha value is -3.04. The molecule has 0 radical (unpaired) electrons. The molecule has 28 heavy (non-hydrogen) atoms. The molecule has 0 amide bonds. The molecule has 0 bridgehead atoms. The number of primary sulfonamides is 1. The zero-order valence-electron chi connectivity index (χ0n) is 15.6. The molecule has 2 aromatic carbocycles. The Morgan fingerprint density at radius 3 is 2.46 bits per heavy atom. The van der Waals surface area contributed by atoms with Crippen LogP contribution in [0.15, 0.2) is 45.8 Å². The van der Waals surface area contributed by atoms with Crippen molar-refractivity contribution in [1.82, 2.24) is 10.1 Å². The molecule has 9 heteroatoms. The largest absolute Gasteiger partial charge is 0.452 e. The predicted octanol–water partition coefficient (Wildman–Crippen LogP) is 2.67. The fourth-order valence-corrected chi connectivity index (χ4v) is 3.46. The van der Waals surface area contributed by atoms with Crippen LogP contribution in [0.1, 0.15) is 32.9 Å². The third-order valence-corrected chi connectivity index (χ3v) is 5.30. The molecule has 0 aliphatic carbocycles. The normalized spacial score (nSPS) is 11.4. The Morgan fingerprint density at radius 2 is 1.82 bits per heavy atom. The minimum atomic E-state index is -3.96. The Balaban J connectivity index is 1.75. The first-order chi connectivity index (χ1) is 13.1. The van der Waals surface area contributed by atoms with E-state index in [4.69, 9.17) is 14.4 Å². The number of aryl methyl sites for hydroxylation is 2. The maximum absolute atomic E-state index is 12.3. The molecular weight excluding hydrogens is 382 g/mol. The summed E-state index contributed by atoms with van der Waals surface area (Å²) in [5.74, 6) is -0.212. The lowest BCUT2D eigenvalue weighted by atomic mass is 10.1. The van der Waals surface area contributed by atoms with E-state index in [1.54, 1.807) is 13.8 Å². The Bertz CT molecular complexity index is 1130. The summed E-state index contributed by atoms with van der Waals surface area (Å²) in [6.45, 7) is 5.04. The number of carbonyl (C=O) groups is 1. The molecule has 0 atom stereocenters. The highest BCUT2D eigenvalue weighted by Crippen LogP contribution is 2.21. The second kappa shape index (κ2) is 7.53. The summed E-state index contributed by atoms with van der Waals surface area (Å²) in [6, 6.07) is 10.3. The summed E-state index contributed by atoms with van der Waals surface area (Å²) in [6.07, 6.45) is 0. The van der Waals surface area contributed by atoms with Crippen LogP contribution in [0.25, 0.3) is 11.4 Å². The first kappa shape index (κ1) is 19.7. The number of hydrogen-bond donors (Lipinski definition) is 1. The molecule has 0 unspecified atom stereocenters. The average molecular weight is 401 g/mol. The van der Waals surface area contributed by atoms with Gasteiger partial charge in [0.05, 0.1) is 10.5 Å². The SMILES string of the molecule is Cc1ccc(-c2noc(COC(=O)c3cc(C)c(C)c(S(N)(=O)=O)c3)n2)cc1. The molecule has 146 valence electrons. The highest BCUT2D eigenvalue weighted by atomic mass is 32.2. The van der Waals surface area contributed by atoms with Crippen molar-refractivity contribution in [1.29, 1.82) is 0 Å². The molecule has 1 heterocycles. The minimum Gasteiger partial charge on any atom is -0.452 e. The van der Waals surface area contributed by atoms with Gasteiger partial charge in [0, 0.05) is 5.56 Å². The molecule has 2 N–H and O–H groups in total. The molecule has 1 aromatic heterocycles. The number of esters is 1. The number of sulfonamides is 1. The lowest BCUT2D eigenvalue weighted by Crippen LogP contribution is -2.16. The highest BCUT2D eigenvalue weighted by molar-refractivity contribution is 7.89. The van der Waals surface area contributed by atoms with Crippen molar-refractivity contribution >= 4 is 16.0 Å². The number of nitrogens with zero attached hydrogens (tertiary/aromatic N) is 2. The molecule has 0 saturated carbocycles. The van der Waals surface area contributed by atoms with Crippen molar-refractivity contribution in [2.24, 2.45) is 5.14 Å². The fraction of sp³-hybridized carbons (Fsp3) is 0.211. The van der Waals surface area contributed by atoms with Crippen molar-refractivity contribution in [3.63, 3.8) is 0 Å². The van der Waals surface area contributed by atoms with Gasteiger partial charge < -0.3 is 9.26 Å². The summed E-state index contributed by atoms with van der Waals surface area (Å²) >= 11 is 0. The van der Waals surface area contributed by atoms with Gasteiger partial charge in [0.2, 0.25) is 15.8 Å². The van der Waals surface area contributed by atoms with Gasteiger partial charge in [-0.05, 0) is 44.0 Å². The molecule has 0 aliphatic rings. The van der Waals surface area contributed by atoms with Crippen molar-refractivity contribution in [2.45, 2.75) is 32.3 Å². The van der Waals surface area contributed by atoms with Crippen LogP contribution in [-0.2, 0) is 21.4 Å². The topological polar surface area (TPSA) is 125 Å². The van der Waals surface area contributed by atoms with E-state index in [0.717, 1.165) is 11.1 Å². The molecule has 0 aliphatic heterocycles. The predicted molar refractivity (Wildman–Crippen MR) is 101 cm³/mol. The lowest BCUT2D eigenvalue weighted by molar-refractivity contribution is 0.0429. The number of benzene rings is 2. The number of rotatable bonds is 5. The summed E-state index contributed by atoms with van der Waals surface area (Å²) in [5, 5.41) is 9.08. The van der Waals surface area contributed by atoms with E-state index in [-0.39, 0.29) is 23.0 Å². The third kappa shape index (κ3) is 4.26. The first-order valence-electron chi connectivity index (χ1n) is 8.36. The quantitative estimate of drug-likeness (QED) is 0.651. The van der Waals surface area contributed by atoms with Crippen LogP contribution in [0.3, 0.4) is 0 Å². The minimum absolute atomic E-state index is 0.0744. The van der Waals surface area contributed by atoms with Crippen molar-refractivity contribution < 1.29 is 22.5 Å². The van der Waals surface area contributed by atoms with E-state index in [9.17, 15) is 13.2 Å². The summed E-state index contributed by atoms with van der Waals surface area (Å²) in [7, 11) is -3.96. The van der Waals surface area contributed by atoms with E-state index >= 15 is 0 Å². The van der Waals surface area contributed by atoms with Gasteiger partial charge in [-0.25, -0.2) is 18.4 Å². The van der Waals surface area contributed by atoms with Crippen LogP contribution >= 0.6 is 0 Å². The van der Waals surface area contributed by atoms with Gasteiger partial charge in [0.25, 0.3) is 5.89 Å². The highest BCUT2D eigenvalue weighted by Gasteiger charge is 2.19. The lowest BCUT2D eigenvalue weighted by Gasteiger charge is -2.10. The van der Waals surface area contributed by atoms with Crippen LogP contribution in [0.5, 0.6) is 0 Å². The second-order valence-electron chi connectivity index (χ2n) is 6.42. The van der Waals surface area contributed by atoms with Crippen LogP contribution in [0.4, 0.5) is 0 Å². The van der Waals surface area contributed by atoms with Gasteiger partial charge >= 0.3 is 5.97 Å². The Morgan fingerprint density at radius 1 is 1.14 bits per heavy atom. The maximum atomic E-state index is 12.3. The van der Waals surface area contributed by atoms with Gasteiger partial charge in [-0.15, -0.1) is 0 Å². The van der Waals surface area contributed by atoms with Crippen LogP contribution in [-0.4, -0.2) is 24.5 Å². The van der Waals surface area contributed by atoms with Gasteiger partial charge in [-0.1, -0.05) is 35.0 Å². The van der Waals surface area contributed by atoms with Gasteiger partial charge in [0.1, 0.15) is 0 Å². The Kier molecular flexibility index (Phi) is 5.30. The second-order valence-corrected chi connectivity index (χ2v) is 7.95. The van der Waals surface area contributed by atoms with E-state index in [1.807, 2.05) is 31.2 Å². The number of carbonyl (C=O) groups excluding carboxylic acids is 1. The van der Waals surface area contributed by atoms with Crippen molar-refractivity contribution in [2.75, 3.05) is 0 Å². The number of nitrogens with two attached hydrogens (primary N) is 1. The summed E-state index contributed by atoms with van der Waals surface area (Å²) in [4.78, 5) is 16.4. The monoisotopic (exact) mass is 401 g/mol. The zero-order chi connectivity index (χ0) is 20.5. The average Bonchev–Trinajstić information content (AvgIpc) is 3.10. The van der Waals surface area contributed by atoms with Gasteiger partial charge in [-0.2, -0.15) is 4.98 Å². The van der Waals surface area contributed by atoms with E-state index < -0.39 is 16.0 Å².